The Kier molecular flexibility index (Phi) is 9.92. The van der Waals surface area contributed by atoms with Crippen LogP contribution in [0.25, 0.3) is 33.4 Å². The molecule has 0 spiro atoms. The molecule has 1 aliphatic heterocycles. The molecule has 4 aromatic rings. The number of hydrogen-bond donors (Lipinski definition) is 1. The predicted molar refractivity (Wildman–Crippen MR) is 189 cm³/mol. The smallest absolute Gasteiger partial charge is 0.410 e. The third kappa shape index (κ3) is 7.28. The predicted octanol–water partition coefficient (Wildman–Crippen LogP) is 5.88. The maximum Gasteiger partial charge on any atom is 0.410 e. The van der Waals surface area contributed by atoms with E-state index < -0.39 is 45.4 Å². The first kappa shape index (κ1) is 35.9. The Hall–Kier alpha value is -5.42. The van der Waals surface area contributed by atoms with E-state index in [1.165, 1.54) is 51.5 Å². The van der Waals surface area contributed by atoms with Crippen molar-refractivity contribution in [1.29, 1.82) is 5.26 Å². The van der Waals surface area contributed by atoms with Gasteiger partial charge in [0.15, 0.2) is 0 Å². The number of benzene rings is 3. The van der Waals surface area contributed by atoms with Crippen LogP contribution in [0.3, 0.4) is 0 Å². The van der Waals surface area contributed by atoms with E-state index >= 15 is 0 Å². The van der Waals surface area contributed by atoms with Gasteiger partial charge in [-0.1, -0.05) is 12.1 Å². The van der Waals surface area contributed by atoms with Crippen molar-refractivity contribution in [1.82, 2.24) is 15.1 Å². The SMILES string of the molecule is CCN(c1cc2oc(-c3ccc(F)cc3)c(C(=O)NC)c2cc1-c1cccc(C(=O)N2CCN(C(=O)OC(C)(C)C)C[C@H]2C#N)c1)S(C)(=O)=O.[HH]. The van der Waals surface area contributed by atoms with E-state index in [1.807, 2.05) is 0 Å². The number of rotatable bonds is 7. The highest BCUT2D eigenvalue weighted by molar-refractivity contribution is 7.92. The lowest BCUT2D eigenvalue weighted by molar-refractivity contribution is 0.00926. The summed E-state index contributed by atoms with van der Waals surface area (Å²) in [7, 11) is -2.35. The molecule has 0 radical (unpaired) electrons. The van der Waals surface area contributed by atoms with Crippen LogP contribution in [-0.2, 0) is 14.8 Å². The minimum absolute atomic E-state index is 0. The van der Waals surface area contributed by atoms with E-state index in [1.54, 1.807) is 58.0 Å². The fourth-order valence-electron chi connectivity index (χ4n) is 5.92. The topological polar surface area (TPSA) is 153 Å². The summed E-state index contributed by atoms with van der Waals surface area (Å²) in [6, 6.07) is 16.3. The zero-order chi connectivity index (χ0) is 36.5. The number of piperazine rings is 1. The highest BCUT2D eigenvalue weighted by Gasteiger charge is 2.35. The number of anilines is 1. The number of nitriles is 1. The van der Waals surface area contributed by atoms with Crippen LogP contribution in [0, 0.1) is 17.1 Å². The number of nitrogens with one attached hydrogen (secondary N) is 1. The molecule has 0 saturated carbocycles. The lowest BCUT2D eigenvalue weighted by atomic mass is 9.96. The van der Waals surface area contributed by atoms with E-state index in [0.29, 0.717) is 22.1 Å². The van der Waals surface area contributed by atoms with Gasteiger partial charge in [0, 0.05) is 56.3 Å². The largest absolute Gasteiger partial charge is 0.455 e. The van der Waals surface area contributed by atoms with Crippen molar-refractivity contribution in [2.75, 3.05) is 43.8 Å². The summed E-state index contributed by atoms with van der Waals surface area (Å²) in [5.74, 6) is -1.23. The molecule has 1 saturated heterocycles. The second-order valence-electron chi connectivity index (χ2n) is 12.8. The Morgan fingerprint density at radius 3 is 2.40 bits per heavy atom. The van der Waals surface area contributed by atoms with Crippen LogP contribution >= 0.6 is 0 Å². The molecule has 2 heterocycles. The Morgan fingerprint density at radius 1 is 1.10 bits per heavy atom. The van der Waals surface area contributed by atoms with Gasteiger partial charge in [0.25, 0.3) is 11.8 Å². The summed E-state index contributed by atoms with van der Waals surface area (Å²) < 4.78 is 52.7. The summed E-state index contributed by atoms with van der Waals surface area (Å²) >= 11 is 0. The lowest BCUT2D eigenvalue weighted by Gasteiger charge is -2.38. The van der Waals surface area contributed by atoms with Crippen LogP contribution in [0.1, 0.15) is 49.8 Å². The molecule has 1 aromatic heterocycles. The Morgan fingerprint density at radius 2 is 1.80 bits per heavy atom. The first-order chi connectivity index (χ1) is 23.6. The van der Waals surface area contributed by atoms with Crippen LogP contribution in [0.5, 0.6) is 0 Å². The molecule has 1 aliphatic rings. The monoisotopic (exact) mass is 705 g/mol. The molecule has 3 amide bonds. The lowest BCUT2D eigenvalue weighted by Crippen LogP contribution is -2.56. The van der Waals surface area contributed by atoms with E-state index in [4.69, 9.17) is 9.15 Å². The van der Waals surface area contributed by atoms with Crippen molar-refractivity contribution in [3.8, 4) is 28.5 Å². The van der Waals surface area contributed by atoms with Gasteiger partial charge in [0.1, 0.15) is 28.8 Å². The fraction of sp³-hybridized carbons (Fsp3) is 0.333. The molecular weight excluding hydrogens is 665 g/mol. The summed E-state index contributed by atoms with van der Waals surface area (Å²) in [4.78, 5) is 42.7. The highest BCUT2D eigenvalue weighted by Crippen LogP contribution is 2.42. The Bertz CT molecular complexity index is 2120. The zero-order valence-corrected chi connectivity index (χ0v) is 29.4. The molecule has 1 atom stereocenters. The molecule has 3 aromatic carbocycles. The molecule has 0 aliphatic carbocycles. The van der Waals surface area contributed by atoms with Gasteiger partial charge >= 0.3 is 6.09 Å². The van der Waals surface area contributed by atoms with Crippen molar-refractivity contribution in [3.63, 3.8) is 0 Å². The van der Waals surface area contributed by atoms with Crippen LogP contribution in [0.4, 0.5) is 14.9 Å². The maximum absolute atomic E-state index is 13.9. The van der Waals surface area contributed by atoms with Crippen molar-refractivity contribution in [2.24, 2.45) is 0 Å². The van der Waals surface area contributed by atoms with Gasteiger partial charge in [0.05, 0.1) is 30.1 Å². The second-order valence-corrected chi connectivity index (χ2v) is 14.7. The minimum Gasteiger partial charge on any atom is -0.455 e. The Labute approximate surface area is 291 Å². The molecular formula is C36H40FN5O7S. The van der Waals surface area contributed by atoms with Gasteiger partial charge in [-0.25, -0.2) is 17.6 Å². The van der Waals surface area contributed by atoms with Gasteiger partial charge in [-0.15, -0.1) is 0 Å². The number of fused-ring (bicyclic) bond motifs is 1. The molecule has 5 rings (SSSR count). The van der Waals surface area contributed by atoms with Gasteiger partial charge < -0.3 is 24.3 Å². The average Bonchev–Trinajstić information content (AvgIpc) is 3.44. The van der Waals surface area contributed by atoms with Gasteiger partial charge in [-0.3, -0.25) is 13.9 Å². The van der Waals surface area contributed by atoms with Crippen molar-refractivity contribution >= 4 is 44.6 Å². The molecule has 14 heteroatoms. The van der Waals surface area contributed by atoms with E-state index in [2.05, 4.69) is 11.4 Å². The molecule has 50 heavy (non-hydrogen) atoms. The summed E-state index contributed by atoms with van der Waals surface area (Å²) in [6.45, 7) is 7.20. The third-order valence-corrected chi connectivity index (χ3v) is 9.44. The van der Waals surface area contributed by atoms with Crippen LogP contribution in [0.15, 0.2) is 65.1 Å². The third-order valence-electron chi connectivity index (χ3n) is 8.19. The van der Waals surface area contributed by atoms with E-state index in [0.717, 1.165) is 6.26 Å². The Balaban J connectivity index is 0.00000583. The summed E-state index contributed by atoms with van der Waals surface area (Å²) in [6.07, 6.45) is 0.505. The second kappa shape index (κ2) is 13.8. The zero-order valence-electron chi connectivity index (χ0n) is 28.6. The number of carbonyl (C=O) groups excluding carboxylic acids is 3. The highest BCUT2D eigenvalue weighted by atomic mass is 32.2. The maximum atomic E-state index is 13.9. The molecule has 1 fully saturated rings. The number of sulfonamides is 1. The fourth-order valence-corrected chi connectivity index (χ4v) is 6.90. The van der Waals surface area contributed by atoms with E-state index in [9.17, 15) is 32.5 Å². The number of ether oxygens (including phenoxy) is 1. The quantitative estimate of drug-likeness (QED) is 0.250. The molecule has 1 N–H and O–H groups in total. The minimum atomic E-state index is -3.81. The van der Waals surface area contributed by atoms with Crippen molar-refractivity contribution in [3.05, 3.63) is 77.6 Å². The van der Waals surface area contributed by atoms with Crippen LogP contribution in [-0.4, -0.2) is 87.3 Å². The first-order valence-electron chi connectivity index (χ1n) is 15.9. The summed E-state index contributed by atoms with van der Waals surface area (Å²) in [5.41, 5.74) is 1.42. The molecule has 0 unspecified atom stereocenters. The molecule has 264 valence electrons. The molecule has 12 nitrogen and oxygen atoms in total. The van der Waals surface area contributed by atoms with Crippen molar-refractivity contribution in [2.45, 2.75) is 39.3 Å². The van der Waals surface area contributed by atoms with Gasteiger partial charge in [-0.05, 0) is 75.7 Å². The number of halogens is 1. The number of amides is 3. The summed E-state index contributed by atoms with van der Waals surface area (Å²) in [5, 5.41) is 13.0. The van der Waals surface area contributed by atoms with Crippen LogP contribution in [0.2, 0.25) is 0 Å². The average molecular weight is 706 g/mol. The van der Waals surface area contributed by atoms with Gasteiger partial charge in [-0.2, -0.15) is 5.26 Å². The normalized spacial score (nSPS) is 15.0. The number of furan rings is 1. The number of carbonyl (C=O) groups is 3. The van der Waals surface area contributed by atoms with Gasteiger partial charge in [0.2, 0.25) is 10.0 Å². The van der Waals surface area contributed by atoms with E-state index in [-0.39, 0.29) is 55.8 Å². The molecule has 0 bridgehead atoms. The standard InChI is InChI=1S/C36H38FN5O7S.H2/c1-7-42(50(6,46)47)29-19-30-28(31(33(43)39-5)32(48-30)22-11-13-25(37)14-12-22)18-27(29)23-9-8-10-24(17-23)34(44)41-16-15-40(21-26(41)20-38)35(45)49-36(2,3)4;/h8-14,17-19,26H,7,15-16,21H2,1-6H3,(H,39,43);1H/t26-;/m1./s1. The van der Waals surface area contributed by atoms with Crippen LogP contribution < -0.4 is 9.62 Å². The number of nitrogens with zero attached hydrogens (tertiary/aromatic N) is 4. The number of hydrogen-bond acceptors (Lipinski definition) is 8. The first-order valence-corrected chi connectivity index (χ1v) is 17.8. The van der Waals surface area contributed by atoms with Crippen molar-refractivity contribution < 1.29 is 37.8 Å².